The first-order valence-corrected chi connectivity index (χ1v) is 8.73. The van der Waals surface area contributed by atoms with E-state index in [1.807, 2.05) is 21.0 Å². The standard InChI is InChI=1S/C13H25BrN2O.C2H6/c1-4-10(17-3)7-16-8-15-12-11(14)6-5-9(2)13(12)16;1-2/h9-13,15H,4-8H2,1-3H3;1-2H3. The Hall–Kier alpha value is 0.360. The Morgan fingerprint density at radius 3 is 2.63 bits per heavy atom. The summed E-state index contributed by atoms with van der Waals surface area (Å²) in [6.07, 6.45) is 4.10. The number of methoxy groups -OCH3 is 1. The van der Waals surface area contributed by atoms with Gasteiger partial charge in [0.15, 0.2) is 0 Å². The van der Waals surface area contributed by atoms with Crippen molar-refractivity contribution < 1.29 is 4.74 Å². The van der Waals surface area contributed by atoms with E-state index in [1.54, 1.807) is 0 Å². The third kappa shape index (κ3) is 4.16. The van der Waals surface area contributed by atoms with Gasteiger partial charge in [-0.15, -0.1) is 0 Å². The van der Waals surface area contributed by atoms with E-state index in [0.717, 1.165) is 25.6 Å². The van der Waals surface area contributed by atoms with Gasteiger partial charge in [0, 0.05) is 37.2 Å². The van der Waals surface area contributed by atoms with Crippen LogP contribution >= 0.6 is 15.9 Å². The largest absolute Gasteiger partial charge is 0.380 e. The van der Waals surface area contributed by atoms with Crippen molar-refractivity contribution in [3.63, 3.8) is 0 Å². The Morgan fingerprint density at radius 2 is 2.05 bits per heavy atom. The van der Waals surface area contributed by atoms with E-state index in [9.17, 15) is 0 Å². The van der Waals surface area contributed by atoms with E-state index < -0.39 is 0 Å². The first kappa shape index (κ1) is 17.4. The molecule has 0 spiro atoms. The van der Waals surface area contributed by atoms with Crippen molar-refractivity contribution in [3.05, 3.63) is 0 Å². The molecule has 2 fully saturated rings. The van der Waals surface area contributed by atoms with E-state index >= 15 is 0 Å². The predicted octanol–water partition coefficient (Wildman–Crippen LogP) is 3.23. The van der Waals surface area contributed by atoms with Crippen LogP contribution in [0.1, 0.15) is 47.0 Å². The molecule has 0 aromatic rings. The molecule has 1 saturated heterocycles. The van der Waals surface area contributed by atoms with Gasteiger partial charge >= 0.3 is 0 Å². The van der Waals surface area contributed by atoms with E-state index in [4.69, 9.17) is 4.74 Å². The minimum absolute atomic E-state index is 0.374. The lowest BCUT2D eigenvalue weighted by Gasteiger charge is -2.39. The van der Waals surface area contributed by atoms with Gasteiger partial charge in [0.2, 0.25) is 0 Å². The quantitative estimate of drug-likeness (QED) is 0.799. The fourth-order valence-corrected chi connectivity index (χ4v) is 4.09. The predicted molar refractivity (Wildman–Crippen MR) is 85.8 cm³/mol. The lowest BCUT2D eigenvalue weighted by Crippen LogP contribution is -2.50. The van der Waals surface area contributed by atoms with Crippen LogP contribution in [0.4, 0.5) is 0 Å². The number of rotatable bonds is 4. The van der Waals surface area contributed by atoms with Crippen molar-refractivity contribution in [2.45, 2.75) is 70.0 Å². The molecule has 1 aliphatic carbocycles. The number of hydrogen-bond donors (Lipinski definition) is 1. The van der Waals surface area contributed by atoms with Crippen molar-refractivity contribution >= 4 is 15.9 Å². The molecular formula is C15H31BrN2O. The number of halogens is 1. The first-order chi connectivity index (χ1) is 9.17. The summed E-state index contributed by atoms with van der Waals surface area (Å²) in [7, 11) is 1.83. The summed E-state index contributed by atoms with van der Waals surface area (Å²) in [6.45, 7) is 10.7. The molecule has 114 valence electrons. The van der Waals surface area contributed by atoms with E-state index in [1.165, 1.54) is 12.8 Å². The molecule has 2 aliphatic rings. The topological polar surface area (TPSA) is 24.5 Å². The molecule has 5 atom stereocenters. The molecule has 4 heteroatoms. The minimum atomic E-state index is 0.374. The van der Waals surface area contributed by atoms with Crippen LogP contribution in [0.5, 0.6) is 0 Å². The lowest BCUT2D eigenvalue weighted by atomic mass is 9.82. The Kier molecular flexibility index (Phi) is 7.88. The van der Waals surface area contributed by atoms with Gasteiger partial charge in [0.05, 0.1) is 6.10 Å². The highest BCUT2D eigenvalue weighted by molar-refractivity contribution is 9.09. The van der Waals surface area contributed by atoms with Gasteiger partial charge in [-0.25, -0.2) is 0 Å². The van der Waals surface area contributed by atoms with E-state index in [-0.39, 0.29) is 0 Å². The molecule has 0 bridgehead atoms. The third-order valence-corrected chi connectivity index (χ3v) is 5.44. The van der Waals surface area contributed by atoms with Gasteiger partial charge in [-0.3, -0.25) is 10.2 Å². The highest BCUT2D eigenvalue weighted by atomic mass is 79.9. The molecule has 1 N–H and O–H groups in total. The van der Waals surface area contributed by atoms with E-state index in [0.29, 0.717) is 23.0 Å². The average molecular weight is 335 g/mol. The number of fused-ring (bicyclic) bond motifs is 1. The maximum Gasteiger partial charge on any atom is 0.0696 e. The summed E-state index contributed by atoms with van der Waals surface area (Å²) in [4.78, 5) is 3.22. The average Bonchev–Trinajstić information content (AvgIpc) is 2.87. The fraction of sp³-hybridized carbons (Fsp3) is 1.00. The van der Waals surface area contributed by atoms with Gasteiger partial charge in [-0.1, -0.05) is 43.6 Å². The summed E-state index contributed by atoms with van der Waals surface area (Å²) < 4.78 is 5.52. The molecule has 0 aromatic heterocycles. The second-order valence-electron chi connectivity index (χ2n) is 5.49. The van der Waals surface area contributed by atoms with Crippen LogP contribution in [0, 0.1) is 5.92 Å². The number of hydrogen-bond acceptors (Lipinski definition) is 3. The first-order valence-electron chi connectivity index (χ1n) is 7.81. The smallest absolute Gasteiger partial charge is 0.0696 e. The van der Waals surface area contributed by atoms with Crippen LogP contribution in [0.3, 0.4) is 0 Å². The molecule has 3 nitrogen and oxygen atoms in total. The summed E-state index contributed by atoms with van der Waals surface area (Å²) in [5.74, 6) is 0.790. The zero-order valence-corrected chi connectivity index (χ0v) is 14.7. The maximum atomic E-state index is 5.52. The van der Waals surface area contributed by atoms with Gasteiger partial charge < -0.3 is 4.74 Å². The van der Waals surface area contributed by atoms with Crippen molar-refractivity contribution in [2.75, 3.05) is 20.3 Å². The van der Waals surface area contributed by atoms with Gasteiger partial charge in [0.1, 0.15) is 0 Å². The Morgan fingerprint density at radius 1 is 1.37 bits per heavy atom. The highest BCUT2D eigenvalue weighted by Crippen LogP contribution is 2.35. The monoisotopic (exact) mass is 334 g/mol. The highest BCUT2D eigenvalue weighted by Gasteiger charge is 2.44. The molecule has 1 aliphatic heterocycles. The molecule has 0 radical (unpaired) electrons. The van der Waals surface area contributed by atoms with Crippen LogP contribution in [-0.2, 0) is 4.74 Å². The maximum absolute atomic E-state index is 5.52. The second kappa shape index (κ2) is 8.60. The fourth-order valence-electron chi connectivity index (χ4n) is 3.32. The Bertz CT molecular complexity index is 248. The zero-order chi connectivity index (χ0) is 14.4. The summed E-state index contributed by atoms with van der Waals surface area (Å²) >= 11 is 3.83. The van der Waals surface area contributed by atoms with Crippen molar-refractivity contribution in [1.29, 1.82) is 0 Å². The number of ether oxygens (including phenoxy) is 1. The van der Waals surface area contributed by atoms with E-state index in [2.05, 4.69) is 40.0 Å². The normalized spacial score (nSPS) is 36.3. The Labute approximate surface area is 127 Å². The molecule has 1 heterocycles. The summed E-state index contributed by atoms with van der Waals surface area (Å²) in [6, 6.07) is 1.30. The summed E-state index contributed by atoms with van der Waals surface area (Å²) in [5.41, 5.74) is 0. The number of nitrogens with zero attached hydrogens (tertiary/aromatic N) is 1. The van der Waals surface area contributed by atoms with Crippen molar-refractivity contribution in [2.24, 2.45) is 5.92 Å². The number of nitrogens with one attached hydrogen (secondary N) is 1. The van der Waals surface area contributed by atoms with Crippen LogP contribution < -0.4 is 5.32 Å². The van der Waals surface area contributed by atoms with Crippen molar-refractivity contribution in [1.82, 2.24) is 10.2 Å². The molecule has 5 unspecified atom stereocenters. The molecule has 2 rings (SSSR count). The molecular weight excluding hydrogens is 304 g/mol. The molecule has 0 aromatic carbocycles. The molecule has 19 heavy (non-hydrogen) atoms. The molecule has 0 amide bonds. The van der Waals surface area contributed by atoms with Crippen LogP contribution in [0.2, 0.25) is 0 Å². The van der Waals surface area contributed by atoms with Crippen LogP contribution in [0.15, 0.2) is 0 Å². The SMILES string of the molecule is CC.CCC(CN1CNC2C(Br)CCC(C)C21)OC. The third-order valence-electron chi connectivity index (χ3n) is 4.42. The minimum Gasteiger partial charge on any atom is -0.380 e. The lowest BCUT2D eigenvalue weighted by molar-refractivity contribution is 0.0433. The number of alkyl halides is 1. The zero-order valence-electron chi connectivity index (χ0n) is 13.2. The Balaban J connectivity index is 0.000000861. The van der Waals surface area contributed by atoms with Gasteiger partial charge in [-0.2, -0.15) is 0 Å². The summed E-state index contributed by atoms with van der Waals surface area (Å²) in [5, 5.41) is 3.67. The van der Waals surface area contributed by atoms with Gasteiger partial charge in [-0.05, 0) is 25.2 Å². The second-order valence-corrected chi connectivity index (χ2v) is 6.66. The molecule has 1 saturated carbocycles. The van der Waals surface area contributed by atoms with Gasteiger partial charge in [0.25, 0.3) is 0 Å². The van der Waals surface area contributed by atoms with Crippen LogP contribution in [0.25, 0.3) is 0 Å². The van der Waals surface area contributed by atoms with Crippen LogP contribution in [-0.4, -0.2) is 48.2 Å². The van der Waals surface area contributed by atoms with Crippen molar-refractivity contribution in [3.8, 4) is 0 Å².